The number of benzene rings is 1. The van der Waals surface area contributed by atoms with E-state index in [0.717, 1.165) is 6.07 Å². The first kappa shape index (κ1) is 14.4. The molecule has 96 valence electrons. The van der Waals surface area contributed by atoms with Crippen LogP contribution in [0.15, 0.2) is 28.0 Å². The van der Waals surface area contributed by atoms with Crippen molar-refractivity contribution in [2.24, 2.45) is 0 Å². The highest BCUT2D eigenvalue weighted by atomic mass is 35.5. The maximum Gasteiger partial charge on any atom is 0.294 e. The van der Waals surface area contributed by atoms with Crippen molar-refractivity contribution in [2.45, 2.75) is 16.7 Å². The molecule has 1 N–H and O–H groups in total. The smallest absolute Gasteiger partial charge is 0.282 e. The van der Waals surface area contributed by atoms with Crippen LogP contribution in [0, 0.1) is 6.92 Å². The summed E-state index contributed by atoms with van der Waals surface area (Å²) >= 11 is 5.35. The van der Waals surface area contributed by atoms with Crippen LogP contribution in [0.25, 0.3) is 0 Å². The van der Waals surface area contributed by atoms with Crippen LogP contribution >= 0.6 is 11.6 Å². The molecular formula is C9H11ClO5S2. The monoisotopic (exact) mass is 298 g/mol. The van der Waals surface area contributed by atoms with Crippen LogP contribution in [0.3, 0.4) is 0 Å². The Labute approximate surface area is 105 Å². The standard InChI is InChI=1S/C9H11ClO5S2/c1-7-2-3-8(16(11,12)5-4-10)6-9(7)17(13,14)15/h2-3,6H,4-5H2,1H3,(H,13,14,15). The topological polar surface area (TPSA) is 88.5 Å². The molecule has 0 spiro atoms. The van der Waals surface area contributed by atoms with Gasteiger partial charge in [-0.25, -0.2) is 8.42 Å². The van der Waals surface area contributed by atoms with Gasteiger partial charge in [0.2, 0.25) is 0 Å². The zero-order valence-electron chi connectivity index (χ0n) is 8.92. The molecule has 17 heavy (non-hydrogen) atoms. The van der Waals surface area contributed by atoms with Crippen molar-refractivity contribution in [2.75, 3.05) is 11.6 Å². The third-order valence-electron chi connectivity index (χ3n) is 2.14. The van der Waals surface area contributed by atoms with Crippen molar-refractivity contribution in [1.82, 2.24) is 0 Å². The Morgan fingerprint density at radius 3 is 2.29 bits per heavy atom. The van der Waals surface area contributed by atoms with Gasteiger partial charge >= 0.3 is 0 Å². The van der Waals surface area contributed by atoms with Crippen molar-refractivity contribution in [3.05, 3.63) is 23.8 Å². The fourth-order valence-corrected chi connectivity index (χ4v) is 3.72. The fraction of sp³-hybridized carbons (Fsp3) is 0.333. The summed E-state index contributed by atoms with van der Waals surface area (Å²) in [4.78, 5) is -0.579. The lowest BCUT2D eigenvalue weighted by atomic mass is 10.2. The molecule has 1 rings (SSSR count). The average Bonchev–Trinajstić information content (AvgIpc) is 2.15. The lowest BCUT2D eigenvalue weighted by molar-refractivity contribution is 0.482. The van der Waals surface area contributed by atoms with Gasteiger partial charge in [0.25, 0.3) is 10.1 Å². The molecular weight excluding hydrogens is 288 g/mol. The minimum Gasteiger partial charge on any atom is -0.282 e. The summed E-state index contributed by atoms with van der Waals surface area (Å²) in [5, 5.41) is 0. The van der Waals surface area contributed by atoms with Gasteiger partial charge in [-0.15, -0.1) is 11.6 Å². The van der Waals surface area contributed by atoms with Crippen LogP contribution in [0.1, 0.15) is 5.56 Å². The Kier molecular flexibility index (Phi) is 4.19. The van der Waals surface area contributed by atoms with E-state index < -0.39 is 24.9 Å². The summed E-state index contributed by atoms with van der Waals surface area (Å²) in [6, 6.07) is 3.54. The van der Waals surface area contributed by atoms with E-state index in [0.29, 0.717) is 0 Å². The van der Waals surface area contributed by atoms with Crippen LogP contribution in [0.2, 0.25) is 0 Å². The Hall–Kier alpha value is -0.630. The second-order valence-electron chi connectivity index (χ2n) is 3.41. The highest BCUT2D eigenvalue weighted by Gasteiger charge is 2.19. The molecule has 0 amide bonds. The van der Waals surface area contributed by atoms with Crippen molar-refractivity contribution < 1.29 is 21.4 Å². The van der Waals surface area contributed by atoms with E-state index in [1.807, 2.05) is 0 Å². The van der Waals surface area contributed by atoms with Crippen LogP contribution in [0.5, 0.6) is 0 Å². The molecule has 0 unspecified atom stereocenters. The third-order valence-corrected chi connectivity index (χ3v) is 5.26. The van der Waals surface area contributed by atoms with Gasteiger partial charge in [-0.3, -0.25) is 4.55 Å². The summed E-state index contributed by atoms with van der Waals surface area (Å²) < 4.78 is 54.3. The van der Waals surface area contributed by atoms with Gasteiger partial charge < -0.3 is 0 Å². The SMILES string of the molecule is Cc1ccc(S(=O)(=O)CCCl)cc1S(=O)(=O)O. The molecule has 8 heteroatoms. The second-order valence-corrected chi connectivity index (χ2v) is 7.29. The fourth-order valence-electron chi connectivity index (χ4n) is 1.27. The molecule has 0 aromatic heterocycles. The zero-order chi connectivity index (χ0) is 13.3. The Bertz CT molecular complexity index is 619. The Morgan fingerprint density at radius 2 is 1.82 bits per heavy atom. The molecule has 0 atom stereocenters. The summed E-state index contributed by atoms with van der Waals surface area (Å²) in [5.74, 6) is -0.375. The lowest BCUT2D eigenvalue weighted by Gasteiger charge is -2.06. The van der Waals surface area contributed by atoms with Crippen LogP contribution in [0.4, 0.5) is 0 Å². The summed E-state index contributed by atoms with van der Waals surface area (Å²) in [6.07, 6.45) is 0. The van der Waals surface area contributed by atoms with E-state index >= 15 is 0 Å². The number of halogens is 1. The number of hydrogen-bond donors (Lipinski definition) is 1. The number of hydrogen-bond acceptors (Lipinski definition) is 4. The molecule has 0 aliphatic heterocycles. The van der Waals surface area contributed by atoms with Crippen LogP contribution < -0.4 is 0 Å². The third kappa shape index (κ3) is 3.41. The summed E-state index contributed by atoms with van der Waals surface area (Å²) in [6.45, 7) is 1.46. The van der Waals surface area contributed by atoms with Crippen LogP contribution in [-0.4, -0.2) is 33.0 Å². The van der Waals surface area contributed by atoms with Crippen molar-refractivity contribution >= 4 is 31.6 Å². The molecule has 0 heterocycles. The van der Waals surface area contributed by atoms with Gasteiger partial charge in [0.15, 0.2) is 9.84 Å². The molecule has 1 aromatic carbocycles. The maximum absolute atomic E-state index is 11.7. The van der Waals surface area contributed by atoms with E-state index in [-0.39, 0.29) is 22.1 Å². The minimum atomic E-state index is -4.43. The maximum atomic E-state index is 11.7. The van der Waals surface area contributed by atoms with Crippen molar-refractivity contribution in [3.8, 4) is 0 Å². The summed E-state index contributed by atoms with van der Waals surface area (Å²) in [5.41, 5.74) is 0.275. The average molecular weight is 299 g/mol. The minimum absolute atomic E-state index is 0.0859. The molecule has 5 nitrogen and oxygen atoms in total. The van der Waals surface area contributed by atoms with Gasteiger partial charge in [-0.2, -0.15) is 8.42 Å². The first-order chi connectivity index (χ1) is 7.68. The first-order valence-corrected chi connectivity index (χ1v) is 8.18. The quantitative estimate of drug-likeness (QED) is 0.667. The normalized spacial score (nSPS) is 12.6. The molecule has 0 saturated heterocycles. The predicted octanol–water partition coefficient (Wildman–Crippen LogP) is 1.25. The van der Waals surface area contributed by atoms with Crippen molar-refractivity contribution in [1.29, 1.82) is 0 Å². The Balaban J connectivity index is 3.43. The largest absolute Gasteiger partial charge is 0.294 e. The van der Waals surface area contributed by atoms with Gasteiger partial charge in [-0.05, 0) is 24.6 Å². The highest BCUT2D eigenvalue weighted by Crippen LogP contribution is 2.20. The van der Waals surface area contributed by atoms with Gasteiger partial charge in [0, 0.05) is 5.88 Å². The zero-order valence-corrected chi connectivity index (χ0v) is 11.3. The number of alkyl halides is 1. The van der Waals surface area contributed by atoms with E-state index in [1.165, 1.54) is 19.1 Å². The van der Waals surface area contributed by atoms with E-state index in [9.17, 15) is 16.8 Å². The van der Waals surface area contributed by atoms with Crippen LogP contribution in [-0.2, 0) is 20.0 Å². The van der Waals surface area contributed by atoms with Crippen molar-refractivity contribution in [3.63, 3.8) is 0 Å². The molecule has 0 saturated carbocycles. The number of sulfone groups is 1. The molecule has 0 bridgehead atoms. The Morgan fingerprint density at radius 1 is 1.24 bits per heavy atom. The van der Waals surface area contributed by atoms with Gasteiger partial charge in [-0.1, -0.05) is 6.07 Å². The molecule has 0 aliphatic carbocycles. The van der Waals surface area contributed by atoms with Gasteiger partial charge in [0.05, 0.1) is 15.5 Å². The molecule has 1 aromatic rings. The molecule has 0 radical (unpaired) electrons. The second kappa shape index (κ2) is 4.93. The highest BCUT2D eigenvalue weighted by molar-refractivity contribution is 7.91. The molecule has 0 fully saturated rings. The van der Waals surface area contributed by atoms with E-state index in [4.69, 9.17) is 16.2 Å². The van der Waals surface area contributed by atoms with Gasteiger partial charge in [0.1, 0.15) is 0 Å². The predicted molar refractivity (Wildman–Crippen MR) is 63.8 cm³/mol. The van der Waals surface area contributed by atoms with E-state index in [1.54, 1.807) is 0 Å². The summed E-state index contributed by atoms with van der Waals surface area (Å²) in [7, 11) is -8.05. The molecule has 0 aliphatic rings. The van der Waals surface area contributed by atoms with E-state index in [2.05, 4.69) is 0 Å². The first-order valence-electron chi connectivity index (χ1n) is 4.55. The number of aryl methyl sites for hydroxylation is 1. The lowest BCUT2D eigenvalue weighted by Crippen LogP contribution is -2.10. The number of rotatable bonds is 4.